The summed E-state index contributed by atoms with van der Waals surface area (Å²) in [6, 6.07) is 0. The smallest absolute Gasteiger partial charge is 0.324 e. The molecule has 0 aliphatic carbocycles. The molecular formula is C10H17ClO4. The van der Waals surface area contributed by atoms with Crippen LogP contribution in [0.15, 0.2) is 0 Å². The number of hydrogen-bond donors (Lipinski definition) is 1. The van der Waals surface area contributed by atoms with Crippen LogP contribution in [-0.4, -0.2) is 29.5 Å². The van der Waals surface area contributed by atoms with Crippen LogP contribution in [0.2, 0.25) is 0 Å². The lowest BCUT2D eigenvalue weighted by Crippen LogP contribution is -2.31. The van der Waals surface area contributed by atoms with E-state index in [1.807, 2.05) is 13.8 Å². The summed E-state index contributed by atoms with van der Waals surface area (Å²) in [5.41, 5.74) is 0. The number of carboxylic acids is 1. The maximum absolute atomic E-state index is 11.1. The van der Waals surface area contributed by atoms with Gasteiger partial charge >= 0.3 is 11.9 Å². The van der Waals surface area contributed by atoms with E-state index in [9.17, 15) is 9.59 Å². The highest BCUT2D eigenvalue weighted by molar-refractivity contribution is 6.31. The van der Waals surface area contributed by atoms with E-state index in [4.69, 9.17) is 16.7 Å². The standard InChI is InChI=1S/C10H17ClO4/c1-6(2)4-5-7(9(12)13)8(11)10(14)15-3/h6-8H,4-5H2,1-3H3,(H,12,13)/t7-,8-/m0/s1. The molecule has 0 heterocycles. The molecule has 5 heteroatoms. The van der Waals surface area contributed by atoms with Crippen LogP contribution in [0.25, 0.3) is 0 Å². The molecule has 0 fully saturated rings. The Labute approximate surface area is 94.6 Å². The fraction of sp³-hybridized carbons (Fsp3) is 0.800. The average molecular weight is 237 g/mol. The maximum atomic E-state index is 11.1. The normalized spacial score (nSPS) is 14.7. The van der Waals surface area contributed by atoms with Gasteiger partial charge in [-0.05, 0) is 12.3 Å². The third kappa shape index (κ3) is 5.02. The molecule has 0 spiro atoms. The second-order valence-electron chi connectivity index (χ2n) is 3.84. The van der Waals surface area contributed by atoms with Gasteiger partial charge in [-0.3, -0.25) is 9.59 Å². The molecule has 88 valence electrons. The zero-order chi connectivity index (χ0) is 12.0. The van der Waals surface area contributed by atoms with Crippen molar-refractivity contribution < 1.29 is 19.4 Å². The Balaban J connectivity index is 4.38. The number of carboxylic acid groups (broad SMARTS) is 1. The van der Waals surface area contributed by atoms with Gasteiger partial charge in [0.15, 0.2) is 0 Å². The second kappa shape index (κ2) is 6.67. The summed E-state index contributed by atoms with van der Waals surface area (Å²) in [7, 11) is 1.19. The summed E-state index contributed by atoms with van der Waals surface area (Å²) in [4.78, 5) is 22.0. The molecule has 0 saturated carbocycles. The van der Waals surface area contributed by atoms with E-state index in [-0.39, 0.29) is 0 Å². The minimum atomic E-state index is -1.11. The van der Waals surface area contributed by atoms with E-state index in [0.29, 0.717) is 12.3 Å². The van der Waals surface area contributed by atoms with Crippen molar-refractivity contribution in [1.82, 2.24) is 0 Å². The van der Waals surface area contributed by atoms with Crippen molar-refractivity contribution >= 4 is 23.5 Å². The Hall–Kier alpha value is -0.770. The molecule has 0 aliphatic rings. The Kier molecular flexibility index (Phi) is 6.32. The Bertz CT molecular complexity index is 227. The monoisotopic (exact) mass is 236 g/mol. The lowest BCUT2D eigenvalue weighted by molar-refractivity contribution is -0.149. The van der Waals surface area contributed by atoms with Crippen molar-refractivity contribution in [2.24, 2.45) is 11.8 Å². The predicted octanol–water partition coefficient (Wildman–Crippen LogP) is 1.90. The average Bonchev–Trinajstić information content (AvgIpc) is 2.15. The Morgan fingerprint density at radius 3 is 2.20 bits per heavy atom. The molecule has 0 rings (SSSR count). The first-order chi connectivity index (χ1) is 6.90. The van der Waals surface area contributed by atoms with Crippen molar-refractivity contribution in [3.05, 3.63) is 0 Å². The van der Waals surface area contributed by atoms with Crippen LogP contribution < -0.4 is 0 Å². The fourth-order valence-corrected chi connectivity index (χ4v) is 1.51. The third-order valence-electron chi connectivity index (χ3n) is 2.15. The van der Waals surface area contributed by atoms with Gasteiger partial charge in [-0.1, -0.05) is 20.3 Å². The Morgan fingerprint density at radius 2 is 1.87 bits per heavy atom. The highest BCUT2D eigenvalue weighted by Crippen LogP contribution is 2.21. The summed E-state index contributed by atoms with van der Waals surface area (Å²) in [5, 5.41) is 7.80. The van der Waals surface area contributed by atoms with Gasteiger partial charge in [0.1, 0.15) is 5.38 Å². The van der Waals surface area contributed by atoms with Gasteiger partial charge in [0.2, 0.25) is 0 Å². The molecule has 0 aromatic rings. The second-order valence-corrected chi connectivity index (χ2v) is 4.31. The molecule has 0 aromatic heterocycles. The molecule has 0 bridgehead atoms. The molecule has 0 aliphatic heterocycles. The molecule has 4 nitrogen and oxygen atoms in total. The molecular weight excluding hydrogens is 220 g/mol. The van der Waals surface area contributed by atoms with E-state index in [0.717, 1.165) is 6.42 Å². The van der Waals surface area contributed by atoms with Crippen LogP contribution in [0.5, 0.6) is 0 Å². The van der Waals surface area contributed by atoms with Crippen molar-refractivity contribution in [2.45, 2.75) is 32.1 Å². The minimum Gasteiger partial charge on any atom is -0.481 e. The molecule has 0 saturated heterocycles. The number of esters is 1. The van der Waals surface area contributed by atoms with Crippen molar-refractivity contribution in [3.8, 4) is 0 Å². The first-order valence-corrected chi connectivity index (χ1v) is 5.28. The number of ether oxygens (including phenoxy) is 1. The van der Waals surface area contributed by atoms with Crippen LogP contribution in [0.1, 0.15) is 26.7 Å². The summed E-state index contributed by atoms with van der Waals surface area (Å²) >= 11 is 5.72. The van der Waals surface area contributed by atoms with Crippen molar-refractivity contribution in [3.63, 3.8) is 0 Å². The number of hydrogen-bond acceptors (Lipinski definition) is 3. The van der Waals surface area contributed by atoms with E-state index in [2.05, 4.69) is 4.74 Å². The van der Waals surface area contributed by atoms with Crippen LogP contribution in [0.4, 0.5) is 0 Å². The van der Waals surface area contributed by atoms with E-state index in [1.54, 1.807) is 0 Å². The zero-order valence-corrected chi connectivity index (χ0v) is 9.95. The molecule has 1 N–H and O–H groups in total. The molecule has 0 amide bonds. The van der Waals surface area contributed by atoms with Gasteiger partial charge < -0.3 is 9.84 Å². The first-order valence-electron chi connectivity index (χ1n) is 4.84. The number of methoxy groups -OCH3 is 1. The fourth-order valence-electron chi connectivity index (χ4n) is 1.18. The van der Waals surface area contributed by atoms with Crippen LogP contribution in [-0.2, 0) is 14.3 Å². The minimum absolute atomic E-state index is 0.383. The number of carbonyl (C=O) groups excluding carboxylic acids is 1. The number of aliphatic carboxylic acids is 1. The summed E-state index contributed by atoms with van der Waals surface area (Å²) in [6.07, 6.45) is 1.10. The van der Waals surface area contributed by atoms with E-state index >= 15 is 0 Å². The topological polar surface area (TPSA) is 63.6 Å². The Morgan fingerprint density at radius 1 is 1.33 bits per heavy atom. The summed E-state index contributed by atoms with van der Waals surface area (Å²) in [5.74, 6) is -2.23. The summed E-state index contributed by atoms with van der Waals surface area (Å²) < 4.78 is 4.42. The maximum Gasteiger partial charge on any atom is 0.324 e. The van der Waals surface area contributed by atoms with Crippen molar-refractivity contribution in [2.75, 3.05) is 7.11 Å². The summed E-state index contributed by atoms with van der Waals surface area (Å²) in [6.45, 7) is 3.97. The highest BCUT2D eigenvalue weighted by atomic mass is 35.5. The quantitative estimate of drug-likeness (QED) is 0.565. The third-order valence-corrected chi connectivity index (χ3v) is 2.63. The molecule has 0 unspecified atom stereocenters. The van der Waals surface area contributed by atoms with Crippen molar-refractivity contribution in [1.29, 1.82) is 0 Å². The molecule has 0 radical (unpaired) electrons. The lowest BCUT2D eigenvalue weighted by atomic mass is 9.95. The predicted molar refractivity (Wildman–Crippen MR) is 56.9 cm³/mol. The largest absolute Gasteiger partial charge is 0.481 e. The van der Waals surface area contributed by atoms with Gasteiger partial charge in [0.05, 0.1) is 13.0 Å². The molecule has 0 aromatic carbocycles. The molecule has 15 heavy (non-hydrogen) atoms. The van der Waals surface area contributed by atoms with Gasteiger partial charge in [0.25, 0.3) is 0 Å². The highest BCUT2D eigenvalue weighted by Gasteiger charge is 2.32. The van der Waals surface area contributed by atoms with Gasteiger partial charge in [0, 0.05) is 0 Å². The first kappa shape index (κ1) is 14.2. The van der Waals surface area contributed by atoms with E-state index < -0.39 is 23.2 Å². The number of rotatable bonds is 6. The van der Waals surface area contributed by atoms with Crippen LogP contribution in [0.3, 0.4) is 0 Å². The zero-order valence-electron chi connectivity index (χ0n) is 9.20. The van der Waals surface area contributed by atoms with Gasteiger partial charge in [-0.15, -0.1) is 11.6 Å². The number of halogens is 1. The number of alkyl halides is 1. The van der Waals surface area contributed by atoms with Crippen LogP contribution in [0, 0.1) is 11.8 Å². The van der Waals surface area contributed by atoms with Crippen LogP contribution >= 0.6 is 11.6 Å². The lowest BCUT2D eigenvalue weighted by Gasteiger charge is -2.17. The van der Waals surface area contributed by atoms with Gasteiger partial charge in [-0.2, -0.15) is 0 Å². The molecule has 2 atom stereocenters. The number of carbonyl (C=O) groups is 2. The van der Waals surface area contributed by atoms with Gasteiger partial charge in [-0.25, -0.2) is 0 Å². The SMILES string of the molecule is COC(=O)[C@@H](Cl)[C@H](CCC(C)C)C(=O)O. The van der Waals surface area contributed by atoms with E-state index in [1.165, 1.54) is 7.11 Å².